The Morgan fingerprint density at radius 2 is 1.76 bits per heavy atom. The minimum Gasteiger partial charge on any atom is -0.457 e. The third kappa shape index (κ3) is 6.77. The van der Waals surface area contributed by atoms with E-state index in [0.29, 0.717) is 23.0 Å². The molecule has 4 rings (SSSR count). The molecule has 1 fully saturated rings. The van der Waals surface area contributed by atoms with Crippen LogP contribution in [0.15, 0.2) is 71.2 Å². The van der Waals surface area contributed by atoms with Crippen LogP contribution in [-0.2, 0) is 19.1 Å². The number of esters is 1. The van der Waals surface area contributed by atoms with Gasteiger partial charge in [-0.05, 0) is 78.6 Å². The van der Waals surface area contributed by atoms with Crippen molar-refractivity contribution in [2.45, 2.75) is 33.1 Å². The van der Waals surface area contributed by atoms with Gasteiger partial charge in [-0.25, -0.2) is 0 Å². The second kappa shape index (κ2) is 11.6. The van der Waals surface area contributed by atoms with Gasteiger partial charge in [0, 0.05) is 28.8 Å². The second-order valence-corrected chi connectivity index (χ2v) is 10.3. The maximum absolute atomic E-state index is 12.6. The standard InChI is InChI=1S/C29H29BrN2O5/c1-18(2)25-13-4-19(3)14-26(25)37-24-11-9-23(10-12-24)32-16-20(15-28(32)34)29(35)36-17-27(33)31-22-7-5-21(30)6-8-22/h4-14,18,20H,15-17H2,1-3H3,(H,31,33)/t20-/m0/s1. The fourth-order valence-electron chi connectivity index (χ4n) is 4.13. The number of carbonyl (C=O) groups is 3. The predicted molar refractivity (Wildman–Crippen MR) is 146 cm³/mol. The van der Waals surface area contributed by atoms with Gasteiger partial charge in [0.05, 0.1) is 5.92 Å². The lowest BCUT2D eigenvalue weighted by Gasteiger charge is -2.18. The van der Waals surface area contributed by atoms with Crippen LogP contribution >= 0.6 is 15.9 Å². The van der Waals surface area contributed by atoms with Gasteiger partial charge in [-0.1, -0.05) is 41.9 Å². The molecule has 1 aliphatic rings. The summed E-state index contributed by atoms with van der Waals surface area (Å²) in [6.07, 6.45) is 0.0342. The Balaban J connectivity index is 1.32. The van der Waals surface area contributed by atoms with Gasteiger partial charge < -0.3 is 19.7 Å². The van der Waals surface area contributed by atoms with E-state index in [4.69, 9.17) is 9.47 Å². The Bertz CT molecular complexity index is 1290. The maximum atomic E-state index is 12.6. The highest BCUT2D eigenvalue weighted by molar-refractivity contribution is 9.10. The number of ether oxygens (including phenoxy) is 2. The van der Waals surface area contributed by atoms with E-state index in [1.807, 2.05) is 25.1 Å². The van der Waals surface area contributed by atoms with E-state index in [-0.39, 0.29) is 18.9 Å². The van der Waals surface area contributed by atoms with Crippen molar-refractivity contribution >= 4 is 45.1 Å². The van der Waals surface area contributed by atoms with Crippen LogP contribution in [0.3, 0.4) is 0 Å². The van der Waals surface area contributed by atoms with E-state index in [9.17, 15) is 14.4 Å². The van der Waals surface area contributed by atoms with Gasteiger partial charge in [-0.15, -0.1) is 0 Å². The molecule has 1 saturated heterocycles. The fourth-order valence-corrected chi connectivity index (χ4v) is 4.39. The van der Waals surface area contributed by atoms with Crippen LogP contribution in [0.2, 0.25) is 0 Å². The molecule has 3 aromatic carbocycles. The molecule has 0 spiro atoms. The molecule has 1 atom stereocenters. The number of anilines is 2. The Kier molecular flexibility index (Phi) is 8.28. The number of nitrogens with one attached hydrogen (secondary N) is 1. The number of benzene rings is 3. The largest absolute Gasteiger partial charge is 0.457 e. The third-order valence-electron chi connectivity index (χ3n) is 6.10. The van der Waals surface area contributed by atoms with Gasteiger partial charge in [0.25, 0.3) is 5.91 Å². The van der Waals surface area contributed by atoms with Crippen molar-refractivity contribution in [3.63, 3.8) is 0 Å². The first-order valence-electron chi connectivity index (χ1n) is 12.1. The highest BCUT2D eigenvalue weighted by atomic mass is 79.9. The molecular formula is C29H29BrN2O5. The molecule has 1 aliphatic heterocycles. The summed E-state index contributed by atoms with van der Waals surface area (Å²) >= 11 is 3.33. The van der Waals surface area contributed by atoms with E-state index in [1.54, 1.807) is 41.3 Å². The lowest BCUT2D eigenvalue weighted by atomic mass is 10.0. The number of rotatable bonds is 8. The molecule has 0 saturated carbocycles. The molecular weight excluding hydrogens is 536 g/mol. The number of halogens is 1. The van der Waals surface area contributed by atoms with Crippen molar-refractivity contribution < 1.29 is 23.9 Å². The number of nitrogens with zero attached hydrogens (tertiary/aromatic N) is 1. The van der Waals surface area contributed by atoms with E-state index in [0.717, 1.165) is 21.3 Å². The predicted octanol–water partition coefficient (Wildman–Crippen LogP) is 6.21. The van der Waals surface area contributed by atoms with E-state index in [1.165, 1.54) is 0 Å². The maximum Gasteiger partial charge on any atom is 0.311 e. The quantitative estimate of drug-likeness (QED) is 0.329. The molecule has 1 N–H and O–H groups in total. The molecule has 0 aliphatic carbocycles. The summed E-state index contributed by atoms with van der Waals surface area (Å²) in [7, 11) is 0. The van der Waals surface area contributed by atoms with Crippen molar-refractivity contribution in [1.29, 1.82) is 0 Å². The molecule has 3 aromatic rings. The van der Waals surface area contributed by atoms with Crippen LogP contribution in [0, 0.1) is 12.8 Å². The minimum atomic E-state index is -0.634. The fraction of sp³-hybridized carbons (Fsp3) is 0.276. The Hall–Kier alpha value is -3.65. The van der Waals surface area contributed by atoms with Crippen LogP contribution in [0.4, 0.5) is 11.4 Å². The zero-order valence-corrected chi connectivity index (χ0v) is 22.6. The van der Waals surface area contributed by atoms with Gasteiger partial charge in [-0.2, -0.15) is 0 Å². The molecule has 7 nitrogen and oxygen atoms in total. The summed E-state index contributed by atoms with van der Waals surface area (Å²) in [5.74, 6) is -0.0205. The van der Waals surface area contributed by atoms with Crippen molar-refractivity contribution in [2.24, 2.45) is 5.92 Å². The molecule has 0 aromatic heterocycles. The Labute approximate surface area is 224 Å². The molecule has 37 heavy (non-hydrogen) atoms. The SMILES string of the molecule is Cc1ccc(C(C)C)c(Oc2ccc(N3C[C@@H](C(=O)OCC(=O)Nc4ccc(Br)cc4)CC3=O)cc2)c1. The van der Waals surface area contributed by atoms with Gasteiger partial charge in [0.1, 0.15) is 11.5 Å². The van der Waals surface area contributed by atoms with Crippen molar-refractivity contribution in [2.75, 3.05) is 23.4 Å². The average molecular weight is 565 g/mol. The summed E-state index contributed by atoms with van der Waals surface area (Å²) in [4.78, 5) is 38.8. The zero-order chi connectivity index (χ0) is 26.5. The number of carbonyl (C=O) groups excluding carboxylic acids is 3. The van der Waals surface area contributed by atoms with E-state index in [2.05, 4.69) is 47.2 Å². The lowest BCUT2D eigenvalue weighted by Crippen LogP contribution is -2.28. The number of hydrogen-bond donors (Lipinski definition) is 1. The molecule has 1 heterocycles. The van der Waals surface area contributed by atoms with Gasteiger partial charge in [-0.3, -0.25) is 14.4 Å². The average Bonchev–Trinajstić information content (AvgIpc) is 3.26. The smallest absolute Gasteiger partial charge is 0.311 e. The first kappa shape index (κ1) is 26.4. The second-order valence-electron chi connectivity index (χ2n) is 9.36. The minimum absolute atomic E-state index is 0.0342. The lowest BCUT2D eigenvalue weighted by molar-refractivity contribution is -0.151. The first-order valence-corrected chi connectivity index (χ1v) is 12.9. The molecule has 0 radical (unpaired) electrons. The van der Waals surface area contributed by atoms with Crippen LogP contribution < -0.4 is 15.0 Å². The molecule has 0 bridgehead atoms. The summed E-state index contributed by atoms with van der Waals surface area (Å²) in [5, 5.41) is 2.67. The van der Waals surface area contributed by atoms with Crippen molar-refractivity contribution in [3.8, 4) is 11.5 Å². The Morgan fingerprint density at radius 1 is 1.05 bits per heavy atom. The van der Waals surface area contributed by atoms with Gasteiger partial charge >= 0.3 is 5.97 Å². The number of amides is 2. The number of hydrogen-bond acceptors (Lipinski definition) is 5. The third-order valence-corrected chi connectivity index (χ3v) is 6.63. The zero-order valence-electron chi connectivity index (χ0n) is 21.0. The van der Waals surface area contributed by atoms with Crippen molar-refractivity contribution in [1.82, 2.24) is 0 Å². The van der Waals surface area contributed by atoms with Crippen LogP contribution in [-0.4, -0.2) is 30.9 Å². The normalized spacial score (nSPS) is 15.1. The van der Waals surface area contributed by atoms with Gasteiger partial charge in [0.15, 0.2) is 6.61 Å². The van der Waals surface area contributed by atoms with Crippen LogP contribution in [0.25, 0.3) is 0 Å². The Morgan fingerprint density at radius 3 is 2.43 bits per heavy atom. The molecule has 2 amide bonds. The molecule has 0 unspecified atom stereocenters. The van der Waals surface area contributed by atoms with Crippen LogP contribution in [0.1, 0.15) is 37.3 Å². The van der Waals surface area contributed by atoms with E-state index >= 15 is 0 Å². The van der Waals surface area contributed by atoms with Gasteiger partial charge in [0.2, 0.25) is 5.91 Å². The highest BCUT2D eigenvalue weighted by Gasteiger charge is 2.36. The number of aryl methyl sites for hydroxylation is 1. The highest BCUT2D eigenvalue weighted by Crippen LogP contribution is 2.33. The molecule has 192 valence electrons. The monoisotopic (exact) mass is 564 g/mol. The summed E-state index contributed by atoms with van der Waals surface area (Å²) in [6, 6.07) is 20.5. The summed E-state index contributed by atoms with van der Waals surface area (Å²) in [6.45, 7) is 6.05. The molecule has 8 heteroatoms. The van der Waals surface area contributed by atoms with E-state index < -0.39 is 24.4 Å². The van der Waals surface area contributed by atoms with Crippen molar-refractivity contribution in [3.05, 3.63) is 82.3 Å². The topological polar surface area (TPSA) is 84.9 Å². The summed E-state index contributed by atoms with van der Waals surface area (Å²) < 4.78 is 12.2. The van der Waals surface area contributed by atoms with Crippen LogP contribution in [0.5, 0.6) is 11.5 Å². The first-order chi connectivity index (χ1) is 17.7. The summed E-state index contributed by atoms with van der Waals surface area (Å²) in [5.41, 5.74) is 3.51.